The van der Waals surface area contributed by atoms with Crippen LogP contribution in [0, 0.1) is 0 Å². The molecule has 0 spiro atoms. The average Bonchev–Trinajstić information content (AvgIpc) is 2.54. The minimum absolute atomic E-state index is 0.135. The molecule has 0 fully saturated rings. The number of benzene rings is 1. The molecule has 0 aromatic heterocycles. The van der Waals surface area contributed by atoms with Gasteiger partial charge in [-0.05, 0) is 5.56 Å². The summed E-state index contributed by atoms with van der Waals surface area (Å²) in [5.41, 5.74) is 1.14. The Morgan fingerprint density at radius 2 is 2.08 bits per heavy atom. The topological polar surface area (TPSA) is 32.7 Å². The molecule has 0 N–H and O–H groups in total. The first-order valence-corrected chi connectivity index (χ1v) is 4.21. The van der Waals surface area contributed by atoms with E-state index < -0.39 is 0 Å². The van der Waals surface area contributed by atoms with Crippen LogP contribution in [0.15, 0.2) is 35.3 Å². The molecule has 2 rings (SSSR count). The molecule has 3 nitrogen and oxygen atoms in total. The number of nitrogens with zero attached hydrogens (tertiary/aromatic N) is 2. The predicted octanol–water partition coefficient (Wildman–Crippen LogP) is 1.69. The highest BCUT2D eigenvalue weighted by molar-refractivity contribution is 5.90. The fourth-order valence-corrected chi connectivity index (χ4v) is 1.31. The van der Waals surface area contributed by atoms with Crippen LogP contribution in [0.3, 0.4) is 0 Å². The van der Waals surface area contributed by atoms with Gasteiger partial charge in [0.2, 0.25) is 0 Å². The zero-order chi connectivity index (χ0) is 9.10. The smallest absolute Gasteiger partial charge is 0.313 e. The monoisotopic (exact) mass is 174 g/mol. The maximum absolute atomic E-state index is 11.1. The van der Waals surface area contributed by atoms with Crippen molar-refractivity contribution in [2.45, 2.75) is 6.54 Å². The summed E-state index contributed by atoms with van der Waals surface area (Å²) >= 11 is 0. The number of hydrogen-bond acceptors (Lipinski definition) is 1. The van der Waals surface area contributed by atoms with Gasteiger partial charge >= 0.3 is 6.03 Å². The van der Waals surface area contributed by atoms with Gasteiger partial charge in [-0.15, -0.1) is 0 Å². The fraction of sp³-hybridized carbons (Fsp3) is 0.200. The van der Waals surface area contributed by atoms with Crippen LogP contribution in [0.1, 0.15) is 5.56 Å². The van der Waals surface area contributed by atoms with Crippen molar-refractivity contribution in [2.75, 3.05) is 6.54 Å². The van der Waals surface area contributed by atoms with Crippen molar-refractivity contribution in [1.29, 1.82) is 0 Å². The maximum Gasteiger partial charge on any atom is 0.343 e. The lowest BCUT2D eigenvalue weighted by atomic mass is 10.2. The Kier molecular flexibility index (Phi) is 2.08. The first-order chi connectivity index (χ1) is 6.36. The molecule has 0 atom stereocenters. The summed E-state index contributed by atoms with van der Waals surface area (Å²) in [5, 5.41) is 0. The second kappa shape index (κ2) is 3.39. The summed E-state index contributed by atoms with van der Waals surface area (Å²) in [4.78, 5) is 16.5. The van der Waals surface area contributed by atoms with Gasteiger partial charge in [0, 0.05) is 12.8 Å². The molecule has 0 saturated heterocycles. The van der Waals surface area contributed by atoms with E-state index in [0.29, 0.717) is 13.1 Å². The van der Waals surface area contributed by atoms with Crippen LogP contribution in [0.4, 0.5) is 4.79 Å². The quantitative estimate of drug-likeness (QED) is 0.671. The van der Waals surface area contributed by atoms with Crippen molar-refractivity contribution < 1.29 is 4.79 Å². The molecular formula is C10H10N2O. The minimum atomic E-state index is -0.135. The lowest BCUT2D eigenvalue weighted by Gasteiger charge is -2.13. The lowest BCUT2D eigenvalue weighted by Crippen LogP contribution is -2.23. The number of amides is 2. The van der Waals surface area contributed by atoms with Gasteiger partial charge in [-0.3, -0.25) is 0 Å². The Morgan fingerprint density at radius 1 is 1.31 bits per heavy atom. The molecule has 1 aliphatic rings. The Morgan fingerprint density at radius 3 is 2.69 bits per heavy atom. The molecule has 2 amide bonds. The van der Waals surface area contributed by atoms with Gasteiger partial charge in [-0.1, -0.05) is 30.3 Å². The number of urea groups is 1. The molecule has 1 heterocycles. The van der Waals surface area contributed by atoms with Gasteiger partial charge in [0.15, 0.2) is 0 Å². The largest absolute Gasteiger partial charge is 0.343 e. The summed E-state index contributed by atoms with van der Waals surface area (Å²) in [5.74, 6) is 0. The Hall–Kier alpha value is -1.64. The highest BCUT2D eigenvalue weighted by Crippen LogP contribution is 2.07. The number of hydrogen-bond donors (Lipinski definition) is 0. The van der Waals surface area contributed by atoms with Gasteiger partial charge in [-0.25, -0.2) is 9.79 Å². The van der Waals surface area contributed by atoms with E-state index in [0.717, 1.165) is 5.56 Å². The van der Waals surface area contributed by atoms with Gasteiger partial charge < -0.3 is 4.90 Å². The van der Waals surface area contributed by atoms with E-state index in [1.165, 1.54) is 0 Å². The Balaban J connectivity index is 2.03. The molecule has 0 aliphatic carbocycles. The van der Waals surface area contributed by atoms with Crippen LogP contribution in [-0.2, 0) is 6.54 Å². The highest BCUT2D eigenvalue weighted by atomic mass is 16.2. The van der Waals surface area contributed by atoms with Crippen molar-refractivity contribution in [3.8, 4) is 0 Å². The number of aliphatic imine (C=N–C) groups is 1. The first-order valence-electron chi connectivity index (χ1n) is 4.21. The van der Waals surface area contributed by atoms with Gasteiger partial charge in [0.05, 0.1) is 6.54 Å². The normalized spacial score (nSPS) is 15.4. The molecule has 1 aliphatic heterocycles. The zero-order valence-electron chi connectivity index (χ0n) is 7.18. The molecule has 0 radical (unpaired) electrons. The first kappa shape index (κ1) is 7.98. The Labute approximate surface area is 76.7 Å². The van der Waals surface area contributed by atoms with Crippen molar-refractivity contribution in [2.24, 2.45) is 4.99 Å². The van der Waals surface area contributed by atoms with E-state index in [1.807, 2.05) is 30.3 Å². The second-order valence-electron chi connectivity index (χ2n) is 2.96. The van der Waals surface area contributed by atoms with E-state index in [9.17, 15) is 4.79 Å². The molecule has 13 heavy (non-hydrogen) atoms. The third-order valence-corrected chi connectivity index (χ3v) is 1.99. The standard InChI is InChI=1S/C10H10N2O/c13-10-11-6-7-12(10)8-9-4-2-1-3-5-9/h1-6H,7-8H2. The van der Waals surface area contributed by atoms with E-state index in [-0.39, 0.29) is 6.03 Å². The summed E-state index contributed by atoms with van der Waals surface area (Å²) in [6.07, 6.45) is 1.64. The van der Waals surface area contributed by atoms with Gasteiger partial charge in [-0.2, -0.15) is 0 Å². The maximum atomic E-state index is 11.1. The second-order valence-corrected chi connectivity index (χ2v) is 2.96. The minimum Gasteiger partial charge on any atom is -0.313 e. The molecule has 1 aromatic carbocycles. The summed E-state index contributed by atoms with van der Waals surface area (Å²) in [6, 6.07) is 9.78. The average molecular weight is 174 g/mol. The zero-order valence-corrected chi connectivity index (χ0v) is 7.18. The van der Waals surface area contributed by atoms with Crippen LogP contribution in [0.5, 0.6) is 0 Å². The van der Waals surface area contributed by atoms with Crippen LogP contribution < -0.4 is 0 Å². The third kappa shape index (κ3) is 1.75. The van der Waals surface area contributed by atoms with E-state index in [1.54, 1.807) is 11.1 Å². The fourth-order valence-electron chi connectivity index (χ4n) is 1.31. The van der Waals surface area contributed by atoms with E-state index in [4.69, 9.17) is 0 Å². The molecule has 0 saturated carbocycles. The molecular weight excluding hydrogens is 164 g/mol. The SMILES string of the molecule is O=C1N=CCN1Cc1ccccc1. The number of rotatable bonds is 2. The summed E-state index contributed by atoms with van der Waals surface area (Å²) in [7, 11) is 0. The van der Waals surface area contributed by atoms with Crippen molar-refractivity contribution >= 4 is 12.2 Å². The molecule has 0 unspecified atom stereocenters. The Bertz CT molecular complexity index is 332. The highest BCUT2D eigenvalue weighted by Gasteiger charge is 2.15. The van der Waals surface area contributed by atoms with E-state index in [2.05, 4.69) is 4.99 Å². The number of carbonyl (C=O) groups excluding carboxylic acids is 1. The molecule has 1 aromatic rings. The molecule has 3 heteroatoms. The summed E-state index contributed by atoms with van der Waals surface area (Å²) in [6.45, 7) is 1.29. The van der Waals surface area contributed by atoms with Crippen LogP contribution >= 0.6 is 0 Å². The van der Waals surface area contributed by atoms with Crippen molar-refractivity contribution in [3.63, 3.8) is 0 Å². The third-order valence-electron chi connectivity index (χ3n) is 1.99. The van der Waals surface area contributed by atoms with Gasteiger partial charge in [0.1, 0.15) is 0 Å². The number of carbonyl (C=O) groups is 1. The summed E-state index contributed by atoms with van der Waals surface area (Å²) < 4.78 is 0. The predicted molar refractivity (Wildman–Crippen MR) is 50.7 cm³/mol. The van der Waals surface area contributed by atoms with Crippen LogP contribution in [-0.4, -0.2) is 23.7 Å². The lowest BCUT2D eigenvalue weighted by molar-refractivity contribution is 0.217. The van der Waals surface area contributed by atoms with Crippen molar-refractivity contribution in [1.82, 2.24) is 4.90 Å². The molecule has 66 valence electrons. The molecule has 0 bridgehead atoms. The van der Waals surface area contributed by atoms with Crippen LogP contribution in [0.2, 0.25) is 0 Å². The van der Waals surface area contributed by atoms with E-state index >= 15 is 0 Å². The van der Waals surface area contributed by atoms with Crippen LogP contribution in [0.25, 0.3) is 0 Å². The van der Waals surface area contributed by atoms with Gasteiger partial charge in [0.25, 0.3) is 0 Å². The van der Waals surface area contributed by atoms with Crippen molar-refractivity contribution in [3.05, 3.63) is 35.9 Å².